The molecule has 0 aromatic heterocycles. The molecule has 15 heavy (non-hydrogen) atoms. The van der Waals surface area contributed by atoms with Crippen LogP contribution in [0.3, 0.4) is 0 Å². The SMILES string of the molecule is CC1CN(CCO)Cc2cccc(N)c21. The van der Waals surface area contributed by atoms with Gasteiger partial charge in [-0.25, -0.2) is 0 Å². The van der Waals surface area contributed by atoms with Gasteiger partial charge < -0.3 is 10.8 Å². The van der Waals surface area contributed by atoms with Crippen molar-refractivity contribution in [2.24, 2.45) is 0 Å². The number of β-amino-alcohol motifs (C(OH)–C–C–N with tert-alkyl or cyclic N) is 1. The smallest absolute Gasteiger partial charge is 0.0558 e. The third-order valence-corrected chi connectivity index (χ3v) is 3.07. The van der Waals surface area contributed by atoms with Crippen molar-refractivity contribution >= 4 is 5.69 Å². The van der Waals surface area contributed by atoms with Crippen LogP contribution in [-0.2, 0) is 6.54 Å². The highest BCUT2D eigenvalue weighted by molar-refractivity contribution is 5.53. The highest BCUT2D eigenvalue weighted by atomic mass is 16.3. The molecule has 3 nitrogen and oxygen atoms in total. The van der Waals surface area contributed by atoms with Gasteiger partial charge in [0.2, 0.25) is 0 Å². The lowest BCUT2D eigenvalue weighted by Crippen LogP contribution is -2.35. The summed E-state index contributed by atoms with van der Waals surface area (Å²) in [6.07, 6.45) is 0. The molecule has 0 spiro atoms. The molecule has 0 bridgehead atoms. The molecule has 2 rings (SSSR count). The van der Waals surface area contributed by atoms with Crippen molar-refractivity contribution < 1.29 is 5.11 Å². The second-order valence-electron chi connectivity index (χ2n) is 4.28. The van der Waals surface area contributed by atoms with Gasteiger partial charge in [-0.2, -0.15) is 0 Å². The first-order chi connectivity index (χ1) is 7.22. The fourth-order valence-electron chi connectivity index (χ4n) is 2.47. The molecule has 1 aromatic carbocycles. The maximum absolute atomic E-state index is 8.94. The summed E-state index contributed by atoms with van der Waals surface area (Å²) in [5.41, 5.74) is 9.49. The Morgan fingerprint density at radius 3 is 3.07 bits per heavy atom. The molecule has 1 aliphatic rings. The average Bonchev–Trinajstić information content (AvgIpc) is 2.17. The van der Waals surface area contributed by atoms with E-state index in [-0.39, 0.29) is 6.61 Å². The van der Waals surface area contributed by atoms with Crippen LogP contribution in [0.15, 0.2) is 18.2 Å². The molecule has 1 heterocycles. The summed E-state index contributed by atoms with van der Waals surface area (Å²) >= 11 is 0. The van der Waals surface area contributed by atoms with Gasteiger partial charge in [0.1, 0.15) is 0 Å². The molecule has 1 aliphatic heterocycles. The zero-order valence-corrected chi connectivity index (χ0v) is 9.11. The number of hydrogen-bond donors (Lipinski definition) is 2. The summed E-state index contributed by atoms with van der Waals surface area (Å²) in [5.74, 6) is 0.460. The summed E-state index contributed by atoms with van der Waals surface area (Å²) in [7, 11) is 0. The maximum Gasteiger partial charge on any atom is 0.0558 e. The summed E-state index contributed by atoms with van der Waals surface area (Å²) in [6, 6.07) is 6.10. The maximum atomic E-state index is 8.94. The molecule has 1 unspecified atom stereocenters. The molecule has 0 saturated carbocycles. The van der Waals surface area contributed by atoms with Gasteiger partial charge in [0.25, 0.3) is 0 Å². The Morgan fingerprint density at radius 1 is 1.53 bits per heavy atom. The van der Waals surface area contributed by atoms with Crippen LogP contribution in [0, 0.1) is 0 Å². The first-order valence-corrected chi connectivity index (χ1v) is 5.43. The lowest BCUT2D eigenvalue weighted by molar-refractivity contribution is 0.175. The monoisotopic (exact) mass is 206 g/mol. The highest BCUT2D eigenvalue weighted by Gasteiger charge is 2.23. The van der Waals surface area contributed by atoms with Gasteiger partial charge in [0.05, 0.1) is 6.61 Å². The van der Waals surface area contributed by atoms with Gasteiger partial charge in [-0.15, -0.1) is 0 Å². The molecule has 0 amide bonds. The Bertz CT molecular complexity index is 351. The number of fused-ring (bicyclic) bond motifs is 1. The zero-order valence-electron chi connectivity index (χ0n) is 9.11. The van der Waals surface area contributed by atoms with Gasteiger partial charge in [0.15, 0.2) is 0 Å². The first-order valence-electron chi connectivity index (χ1n) is 5.43. The molecule has 1 atom stereocenters. The number of nitrogens with zero attached hydrogens (tertiary/aromatic N) is 1. The number of anilines is 1. The molecule has 82 valence electrons. The van der Waals surface area contributed by atoms with Crippen LogP contribution >= 0.6 is 0 Å². The van der Waals surface area contributed by atoms with E-state index in [0.717, 1.165) is 25.3 Å². The van der Waals surface area contributed by atoms with Crippen molar-refractivity contribution in [3.63, 3.8) is 0 Å². The van der Waals surface area contributed by atoms with Crippen LogP contribution < -0.4 is 5.73 Å². The third-order valence-electron chi connectivity index (χ3n) is 3.07. The minimum atomic E-state index is 0.227. The fourth-order valence-corrected chi connectivity index (χ4v) is 2.47. The minimum absolute atomic E-state index is 0.227. The Kier molecular flexibility index (Phi) is 2.93. The van der Waals surface area contributed by atoms with Gasteiger partial charge in [-0.3, -0.25) is 4.90 Å². The molecular formula is C12H18N2O. The van der Waals surface area contributed by atoms with Crippen molar-refractivity contribution in [2.45, 2.75) is 19.4 Å². The van der Waals surface area contributed by atoms with E-state index in [2.05, 4.69) is 17.9 Å². The second-order valence-corrected chi connectivity index (χ2v) is 4.28. The Hall–Kier alpha value is -1.06. The number of benzene rings is 1. The summed E-state index contributed by atoms with van der Waals surface area (Å²) in [5, 5.41) is 8.94. The van der Waals surface area contributed by atoms with Gasteiger partial charge in [-0.05, 0) is 23.1 Å². The van der Waals surface area contributed by atoms with Crippen LogP contribution in [0.2, 0.25) is 0 Å². The first kappa shape index (κ1) is 10.5. The van der Waals surface area contributed by atoms with E-state index in [1.807, 2.05) is 12.1 Å². The summed E-state index contributed by atoms with van der Waals surface area (Å²) in [6.45, 7) is 5.06. The quantitative estimate of drug-likeness (QED) is 0.714. The lowest BCUT2D eigenvalue weighted by Gasteiger charge is -2.33. The lowest BCUT2D eigenvalue weighted by atomic mass is 9.90. The fraction of sp³-hybridized carbons (Fsp3) is 0.500. The van der Waals surface area contributed by atoms with Gasteiger partial charge >= 0.3 is 0 Å². The molecule has 0 aliphatic carbocycles. The van der Waals surface area contributed by atoms with E-state index in [0.29, 0.717) is 5.92 Å². The topological polar surface area (TPSA) is 49.5 Å². The van der Waals surface area contributed by atoms with Crippen LogP contribution in [0.25, 0.3) is 0 Å². The van der Waals surface area contributed by atoms with Crippen LogP contribution in [0.5, 0.6) is 0 Å². The number of nitrogens with two attached hydrogens (primary N) is 1. The molecule has 0 radical (unpaired) electrons. The van der Waals surface area contributed by atoms with E-state index in [4.69, 9.17) is 10.8 Å². The number of hydrogen-bond acceptors (Lipinski definition) is 3. The average molecular weight is 206 g/mol. The van der Waals surface area contributed by atoms with E-state index < -0.39 is 0 Å². The van der Waals surface area contributed by atoms with Crippen LogP contribution in [0.1, 0.15) is 24.0 Å². The third kappa shape index (κ3) is 1.98. The van der Waals surface area contributed by atoms with Crippen LogP contribution in [0.4, 0.5) is 5.69 Å². The molecule has 3 heteroatoms. The number of aliphatic hydroxyl groups excluding tert-OH is 1. The van der Waals surface area contributed by atoms with Crippen molar-refractivity contribution in [3.8, 4) is 0 Å². The normalized spacial score (nSPS) is 21.3. The molecule has 0 fully saturated rings. The van der Waals surface area contributed by atoms with E-state index >= 15 is 0 Å². The zero-order chi connectivity index (χ0) is 10.8. The van der Waals surface area contributed by atoms with Gasteiger partial charge in [-0.1, -0.05) is 19.1 Å². The molecule has 0 saturated heterocycles. The minimum Gasteiger partial charge on any atom is -0.398 e. The Balaban J connectivity index is 2.28. The van der Waals surface area contributed by atoms with E-state index in [9.17, 15) is 0 Å². The molecular weight excluding hydrogens is 188 g/mol. The standard InChI is InChI=1S/C12H18N2O/c1-9-7-14(5-6-15)8-10-3-2-4-11(13)12(9)10/h2-4,9,15H,5-8,13H2,1H3. The summed E-state index contributed by atoms with van der Waals surface area (Å²) in [4.78, 5) is 2.27. The van der Waals surface area contributed by atoms with Crippen molar-refractivity contribution in [2.75, 3.05) is 25.4 Å². The summed E-state index contributed by atoms with van der Waals surface area (Å²) < 4.78 is 0. The predicted octanol–water partition coefficient (Wildman–Crippen LogP) is 1.18. The van der Waals surface area contributed by atoms with E-state index in [1.54, 1.807) is 0 Å². The number of nitrogen functional groups attached to an aromatic ring is 1. The Labute approximate surface area is 90.5 Å². The highest BCUT2D eigenvalue weighted by Crippen LogP contribution is 2.31. The molecule has 1 aromatic rings. The molecule has 3 N–H and O–H groups in total. The van der Waals surface area contributed by atoms with Crippen molar-refractivity contribution in [1.82, 2.24) is 4.90 Å². The van der Waals surface area contributed by atoms with Gasteiger partial charge in [0, 0.05) is 25.3 Å². The second kappa shape index (κ2) is 4.21. The van der Waals surface area contributed by atoms with Crippen molar-refractivity contribution in [1.29, 1.82) is 0 Å². The predicted molar refractivity (Wildman–Crippen MR) is 61.6 cm³/mol. The number of aliphatic hydroxyl groups is 1. The van der Waals surface area contributed by atoms with Crippen molar-refractivity contribution in [3.05, 3.63) is 29.3 Å². The van der Waals surface area contributed by atoms with Crippen LogP contribution in [-0.4, -0.2) is 29.7 Å². The van der Waals surface area contributed by atoms with E-state index in [1.165, 1.54) is 11.1 Å². The largest absolute Gasteiger partial charge is 0.398 e. The number of rotatable bonds is 2. The Morgan fingerprint density at radius 2 is 2.33 bits per heavy atom.